The Labute approximate surface area is 168 Å². The van der Waals surface area contributed by atoms with Crippen molar-refractivity contribution in [3.8, 4) is 11.1 Å². The number of nitrogens with zero attached hydrogens (tertiary/aromatic N) is 3. The number of carbonyl (C=O) groups excluding carboxylic acids is 2. The minimum Gasteiger partial charge on any atom is -0.322 e. The highest BCUT2D eigenvalue weighted by Crippen LogP contribution is 2.28. The summed E-state index contributed by atoms with van der Waals surface area (Å²) in [5, 5.41) is 7.45. The molecule has 4 rings (SSSR count). The highest BCUT2D eigenvalue weighted by Gasteiger charge is 2.19. The zero-order chi connectivity index (χ0) is 20.5. The number of ketones is 1. The van der Waals surface area contributed by atoms with Crippen LogP contribution in [0.4, 0.5) is 5.69 Å². The molecule has 2 heterocycles. The normalized spacial score (nSPS) is 10.9. The summed E-state index contributed by atoms with van der Waals surface area (Å²) in [6, 6.07) is 16.8. The third-order valence-electron chi connectivity index (χ3n) is 4.89. The number of hydrogen-bond acceptors (Lipinski definition) is 4. The number of Topliss-reactive ketones (excluding diaryl/α,β-unsaturated/α-hetero) is 1. The van der Waals surface area contributed by atoms with E-state index in [2.05, 4.69) is 15.4 Å². The van der Waals surface area contributed by atoms with Gasteiger partial charge in [-0.3, -0.25) is 9.59 Å². The van der Waals surface area contributed by atoms with E-state index in [9.17, 15) is 9.59 Å². The highest BCUT2D eigenvalue weighted by molar-refractivity contribution is 6.06. The molecule has 0 bridgehead atoms. The van der Waals surface area contributed by atoms with Crippen LogP contribution in [-0.2, 0) is 0 Å². The fourth-order valence-corrected chi connectivity index (χ4v) is 3.38. The van der Waals surface area contributed by atoms with Crippen molar-refractivity contribution in [2.45, 2.75) is 20.8 Å². The van der Waals surface area contributed by atoms with Gasteiger partial charge in [-0.05, 0) is 38.5 Å². The van der Waals surface area contributed by atoms with Crippen molar-refractivity contribution in [3.63, 3.8) is 0 Å². The zero-order valence-corrected chi connectivity index (χ0v) is 16.4. The van der Waals surface area contributed by atoms with Gasteiger partial charge in [-0.25, -0.2) is 9.50 Å². The molecule has 0 fully saturated rings. The molecule has 0 spiro atoms. The number of fused-ring (bicyclic) bond motifs is 1. The van der Waals surface area contributed by atoms with Gasteiger partial charge in [-0.15, -0.1) is 0 Å². The lowest BCUT2D eigenvalue weighted by Crippen LogP contribution is -2.16. The van der Waals surface area contributed by atoms with Gasteiger partial charge in [-0.1, -0.05) is 42.5 Å². The van der Waals surface area contributed by atoms with Gasteiger partial charge in [0.25, 0.3) is 5.91 Å². The van der Waals surface area contributed by atoms with Crippen LogP contribution in [0.3, 0.4) is 0 Å². The highest BCUT2D eigenvalue weighted by atomic mass is 16.1. The van der Waals surface area contributed by atoms with Gasteiger partial charge in [-0.2, -0.15) is 5.10 Å². The van der Waals surface area contributed by atoms with Crippen LogP contribution in [0.1, 0.15) is 39.0 Å². The lowest BCUT2D eigenvalue weighted by Gasteiger charge is -2.09. The number of aryl methyl sites for hydroxylation is 2. The molecule has 4 aromatic rings. The van der Waals surface area contributed by atoms with E-state index in [0.717, 1.165) is 16.8 Å². The number of rotatable bonds is 4. The Bertz CT molecular complexity index is 1240. The Kier molecular flexibility index (Phi) is 4.68. The predicted molar refractivity (Wildman–Crippen MR) is 112 cm³/mol. The molecule has 0 radical (unpaired) electrons. The topological polar surface area (TPSA) is 76.4 Å². The van der Waals surface area contributed by atoms with E-state index in [1.807, 2.05) is 44.2 Å². The molecule has 2 aromatic carbocycles. The van der Waals surface area contributed by atoms with Crippen molar-refractivity contribution in [1.82, 2.24) is 14.6 Å². The Morgan fingerprint density at radius 3 is 2.48 bits per heavy atom. The number of anilines is 1. The van der Waals surface area contributed by atoms with E-state index in [1.54, 1.807) is 35.0 Å². The van der Waals surface area contributed by atoms with Gasteiger partial charge >= 0.3 is 0 Å². The number of carbonyl (C=O) groups is 2. The molecule has 144 valence electrons. The van der Waals surface area contributed by atoms with Gasteiger partial charge in [0.05, 0.1) is 17.0 Å². The van der Waals surface area contributed by atoms with E-state index >= 15 is 0 Å². The van der Waals surface area contributed by atoms with E-state index in [1.165, 1.54) is 6.92 Å². The molecule has 0 aliphatic carbocycles. The molecular formula is C23H20N4O2. The number of amides is 1. The molecular weight excluding hydrogens is 364 g/mol. The minimum atomic E-state index is -0.299. The fraction of sp³-hybridized carbons (Fsp3) is 0.130. The summed E-state index contributed by atoms with van der Waals surface area (Å²) in [6.07, 6.45) is 1.57. The van der Waals surface area contributed by atoms with Crippen LogP contribution in [0, 0.1) is 13.8 Å². The lowest BCUT2D eigenvalue weighted by molar-refractivity contribution is 0.101. The summed E-state index contributed by atoms with van der Waals surface area (Å²) in [4.78, 5) is 28.9. The molecule has 0 saturated heterocycles. The molecule has 6 heteroatoms. The molecule has 0 aliphatic heterocycles. The first kappa shape index (κ1) is 18.6. The van der Waals surface area contributed by atoms with Gasteiger partial charge < -0.3 is 5.32 Å². The van der Waals surface area contributed by atoms with Gasteiger partial charge in [0, 0.05) is 23.0 Å². The van der Waals surface area contributed by atoms with Crippen molar-refractivity contribution in [2.75, 3.05) is 5.32 Å². The van der Waals surface area contributed by atoms with Crippen LogP contribution >= 0.6 is 0 Å². The number of benzene rings is 2. The van der Waals surface area contributed by atoms with Gasteiger partial charge in [0.1, 0.15) is 0 Å². The fourth-order valence-electron chi connectivity index (χ4n) is 3.38. The number of hydrogen-bond donors (Lipinski definition) is 1. The van der Waals surface area contributed by atoms with Crippen molar-refractivity contribution in [2.24, 2.45) is 0 Å². The molecule has 0 saturated carbocycles. The van der Waals surface area contributed by atoms with Crippen LogP contribution in [0.25, 0.3) is 16.8 Å². The minimum absolute atomic E-state index is 0.0548. The van der Waals surface area contributed by atoms with Crippen LogP contribution in [0.5, 0.6) is 0 Å². The maximum absolute atomic E-state index is 12.8. The zero-order valence-electron chi connectivity index (χ0n) is 16.4. The Hall–Kier alpha value is -3.80. The molecule has 0 atom stereocenters. The van der Waals surface area contributed by atoms with Crippen LogP contribution < -0.4 is 5.32 Å². The second-order valence-electron chi connectivity index (χ2n) is 6.91. The van der Waals surface area contributed by atoms with Gasteiger partial charge in [0.15, 0.2) is 11.4 Å². The lowest BCUT2D eigenvalue weighted by atomic mass is 10.1. The third kappa shape index (κ3) is 3.40. The van der Waals surface area contributed by atoms with Crippen LogP contribution in [-0.4, -0.2) is 26.3 Å². The first-order valence-electron chi connectivity index (χ1n) is 9.28. The maximum Gasteiger partial charge on any atom is 0.259 e. The molecule has 0 aliphatic rings. The quantitative estimate of drug-likeness (QED) is 0.527. The Morgan fingerprint density at radius 1 is 1.00 bits per heavy atom. The van der Waals surface area contributed by atoms with E-state index in [4.69, 9.17) is 0 Å². The SMILES string of the molecule is CC(=O)c1cccc(NC(=O)c2cnc3c(-c4ccccc4)c(C)nn3c2C)c1. The first-order chi connectivity index (χ1) is 14.0. The number of nitrogens with one attached hydrogen (secondary N) is 1. The maximum atomic E-state index is 12.8. The van der Waals surface area contributed by atoms with Crippen molar-refractivity contribution in [3.05, 3.63) is 83.3 Å². The van der Waals surface area contributed by atoms with E-state index < -0.39 is 0 Å². The second-order valence-corrected chi connectivity index (χ2v) is 6.91. The van der Waals surface area contributed by atoms with Crippen molar-refractivity contribution < 1.29 is 9.59 Å². The smallest absolute Gasteiger partial charge is 0.259 e. The molecule has 2 aromatic heterocycles. The van der Waals surface area contributed by atoms with Gasteiger partial charge in [0.2, 0.25) is 0 Å². The second kappa shape index (κ2) is 7.31. The van der Waals surface area contributed by atoms with E-state index in [-0.39, 0.29) is 11.7 Å². The summed E-state index contributed by atoms with van der Waals surface area (Å²) in [6.45, 7) is 5.27. The predicted octanol–water partition coefficient (Wildman–Crippen LogP) is 4.47. The molecule has 1 amide bonds. The van der Waals surface area contributed by atoms with Crippen molar-refractivity contribution >= 4 is 23.0 Å². The van der Waals surface area contributed by atoms with Crippen molar-refractivity contribution in [1.29, 1.82) is 0 Å². The molecule has 1 N–H and O–H groups in total. The standard InChI is InChI=1S/C23H20N4O2/c1-14-21(17-8-5-4-6-9-17)22-24-13-20(15(2)27(22)26-14)23(29)25-19-11-7-10-18(12-19)16(3)28/h4-13H,1-3H3,(H,25,29). The van der Waals surface area contributed by atoms with E-state index in [0.29, 0.717) is 28.2 Å². The molecule has 0 unspecified atom stereocenters. The number of aromatic nitrogens is 3. The third-order valence-corrected chi connectivity index (χ3v) is 4.89. The molecule has 6 nitrogen and oxygen atoms in total. The summed E-state index contributed by atoms with van der Waals surface area (Å²) in [5.41, 5.74) is 5.76. The average molecular weight is 384 g/mol. The Balaban J connectivity index is 1.72. The molecule has 29 heavy (non-hydrogen) atoms. The summed E-state index contributed by atoms with van der Waals surface area (Å²) in [5.74, 6) is -0.354. The Morgan fingerprint density at radius 2 is 1.76 bits per heavy atom. The monoisotopic (exact) mass is 384 g/mol. The summed E-state index contributed by atoms with van der Waals surface area (Å²) >= 11 is 0. The summed E-state index contributed by atoms with van der Waals surface area (Å²) in [7, 11) is 0. The average Bonchev–Trinajstić information content (AvgIpc) is 3.06. The van der Waals surface area contributed by atoms with Crippen LogP contribution in [0.15, 0.2) is 60.8 Å². The largest absolute Gasteiger partial charge is 0.322 e. The first-order valence-corrected chi connectivity index (χ1v) is 9.28. The van der Waals surface area contributed by atoms with Crippen LogP contribution in [0.2, 0.25) is 0 Å². The summed E-state index contributed by atoms with van der Waals surface area (Å²) < 4.78 is 1.71.